The van der Waals surface area contributed by atoms with Crippen LogP contribution >= 0.6 is 0 Å². The summed E-state index contributed by atoms with van der Waals surface area (Å²) in [5, 5.41) is 0. The Hall–Kier alpha value is -7.03. The molecule has 2 heteroatoms. The summed E-state index contributed by atoms with van der Waals surface area (Å²) in [7, 11) is 0. The Balaban J connectivity index is 1.30. The first kappa shape index (κ1) is 28.5. The van der Waals surface area contributed by atoms with E-state index in [0.717, 1.165) is 28.5 Å². The maximum absolute atomic E-state index is 5.73. The van der Waals surface area contributed by atoms with Gasteiger partial charge in [-0.1, -0.05) is 146 Å². The minimum Gasteiger partial charge on any atom is -0.292 e. The second-order valence-electron chi connectivity index (χ2n) is 15.1. The van der Waals surface area contributed by atoms with Gasteiger partial charge in [0.25, 0.3) is 0 Å². The van der Waals surface area contributed by atoms with Crippen LogP contribution in [-0.4, -0.2) is 9.55 Å². The van der Waals surface area contributed by atoms with Gasteiger partial charge < -0.3 is 0 Å². The molecular formula is C52H30N2. The lowest BCUT2D eigenvalue weighted by atomic mass is 9.65. The fourth-order valence-electron chi connectivity index (χ4n) is 10.3. The molecule has 9 aromatic rings. The average molecular weight is 683 g/mol. The van der Waals surface area contributed by atoms with E-state index in [-0.39, 0.29) is 0 Å². The van der Waals surface area contributed by atoms with Crippen LogP contribution in [-0.2, 0) is 5.41 Å². The fraction of sp³-hybridized carbons (Fsp3) is 0.0192. The van der Waals surface area contributed by atoms with Gasteiger partial charge in [-0.05, 0) is 114 Å². The lowest BCUT2D eigenvalue weighted by Gasteiger charge is -2.35. The topological polar surface area (TPSA) is 17.8 Å². The largest absolute Gasteiger partial charge is 0.292 e. The quantitative estimate of drug-likeness (QED) is 0.177. The summed E-state index contributed by atoms with van der Waals surface area (Å²) in [6.07, 6.45) is 0. The van der Waals surface area contributed by atoms with E-state index >= 15 is 0 Å². The van der Waals surface area contributed by atoms with Gasteiger partial charge in [0.2, 0.25) is 0 Å². The van der Waals surface area contributed by atoms with Crippen molar-refractivity contribution in [2.75, 3.05) is 0 Å². The Morgan fingerprint density at radius 2 is 0.741 bits per heavy atom. The van der Waals surface area contributed by atoms with E-state index < -0.39 is 5.41 Å². The minimum atomic E-state index is -0.605. The molecule has 0 amide bonds. The Labute approximate surface area is 313 Å². The molecule has 1 atom stereocenters. The second-order valence-corrected chi connectivity index (χ2v) is 15.1. The summed E-state index contributed by atoms with van der Waals surface area (Å²) in [5.74, 6) is 0.939. The highest BCUT2D eigenvalue weighted by molar-refractivity contribution is 6.02. The number of aromatic nitrogens is 2. The first-order valence-electron chi connectivity index (χ1n) is 18.8. The molecule has 0 aliphatic heterocycles. The summed E-state index contributed by atoms with van der Waals surface area (Å²) < 4.78 is 2.41. The van der Waals surface area contributed by atoms with Gasteiger partial charge in [-0.3, -0.25) is 4.57 Å². The van der Waals surface area contributed by atoms with Crippen molar-refractivity contribution in [3.05, 3.63) is 204 Å². The molecule has 0 saturated heterocycles. The van der Waals surface area contributed by atoms with E-state index in [4.69, 9.17) is 4.98 Å². The van der Waals surface area contributed by atoms with Crippen molar-refractivity contribution >= 4 is 0 Å². The summed E-state index contributed by atoms with van der Waals surface area (Å²) in [6.45, 7) is 0. The molecule has 13 rings (SSSR count). The Morgan fingerprint density at radius 3 is 1.26 bits per heavy atom. The number of benzene rings is 8. The molecule has 1 aromatic heterocycles. The maximum Gasteiger partial charge on any atom is 0.145 e. The zero-order valence-corrected chi connectivity index (χ0v) is 29.2. The molecule has 0 unspecified atom stereocenters. The number of hydrogen-bond donors (Lipinski definition) is 0. The predicted molar refractivity (Wildman–Crippen MR) is 220 cm³/mol. The SMILES string of the molecule is c1ccc(-c2nc3c(n2-c2ccccc2)-c2ccc4cc2[C@]25c6cc(ccc6-c6ccc(cc62)-c2ccccc2-4)-c2ccccc2-c2ccc-3c5c2)cc1. The van der Waals surface area contributed by atoms with Crippen LogP contribution in [0.1, 0.15) is 22.3 Å². The van der Waals surface area contributed by atoms with Crippen molar-refractivity contribution in [2.45, 2.75) is 5.41 Å². The van der Waals surface area contributed by atoms with E-state index in [0.29, 0.717) is 0 Å². The molecule has 1 heterocycles. The van der Waals surface area contributed by atoms with Crippen molar-refractivity contribution in [2.24, 2.45) is 0 Å². The van der Waals surface area contributed by atoms with Gasteiger partial charge >= 0.3 is 0 Å². The standard InChI is InChI=1S/C52H30N2/c1-3-11-31(12-4-1)51-53-49-43-25-21-34-29-47(43)52-45-27-32(37-15-7-9-17-39(34)37)19-23-41(45)42-24-20-33(28-46(42)52)38-16-8-10-18-40(38)35-22-26-44(48(52)30-35)50(49)54(51)36-13-5-2-6-14-36/h1-30H/t52-/m1/s1. The third-order valence-corrected chi connectivity index (χ3v) is 12.5. The first-order chi connectivity index (χ1) is 26.8. The number of imidazole rings is 1. The van der Waals surface area contributed by atoms with E-state index in [1.54, 1.807) is 0 Å². The highest BCUT2D eigenvalue weighted by Crippen LogP contribution is 2.64. The molecule has 1 spiro atoms. The van der Waals surface area contributed by atoms with E-state index in [1.165, 1.54) is 89.0 Å². The van der Waals surface area contributed by atoms with E-state index in [9.17, 15) is 0 Å². The number of fused-ring (bicyclic) bond motifs is 14. The molecule has 0 N–H and O–H groups in total. The van der Waals surface area contributed by atoms with Gasteiger partial charge in [-0.2, -0.15) is 0 Å². The lowest BCUT2D eigenvalue weighted by Crippen LogP contribution is -2.29. The van der Waals surface area contributed by atoms with E-state index in [1.807, 2.05) is 0 Å². The van der Waals surface area contributed by atoms with Crippen LogP contribution in [0.5, 0.6) is 0 Å². The Morgan fingerprint density at radius 1 is 0.333 bits per heavy atom. The third-order valence-electron chi connectivity index (χ3n) is 12.5. The van der Waals surface area contributed by atoms with Gasteiger partial charge in [0.1, 0.15) is 5.82 Å². The molecule has 4 aliphatic rings. The van der Waals surface area contributed by atoms with Crippen LogP contribution in [0.3, 0.4) is 0 Å². The van der Waals surface area contributed by atoms with Gasteiger partial charge in [0.05, 0.1) is 16.8 Å². The van der Waals surface area contributed by atoms with Gasteiger partial charge in [-0.15, -0.1) is 0 Å². The monoisotopic (exact) mass is 682 g/mol. The molecule has 248 valence electrons. The molecule has 54 heavy (non-hydrogen) atoms. The zero-order valence-electron chi connectivity index (χ0n) is 29.2. The molecule has 8 aromatic carbocycles. The summed E-state index contributed by atoms with van der Waals surface area (Å²) >= 11 is 0. The maximum atomic E-state index is 5.73. The molecule has 0 fully saturated rings. The van der Waals surface area contributed by atoms with E-state index in [2.05, 4.69) is 187 Å². The Kier molecular flexibility index (Phi) is 5.34. The number of nitrogens with zero attached hydrogens (tertiary/aromatic N) is 2. The number of rotatable bonds is 2. The molecule has 4 aliphatic carbocycles. The van der Waals surface area contributed by atoms with Gasteiger partial charge in [0.15, 0.2) is 0 Å². The lowest BCUT2D eigenvalue weighted by molar-refractivity contribution is 0.776. The number of hydrogen-bond acceptors (Lipinski definition) is 1. The van der Waals surface area contributed by atoms with Crippen LogP contribution < -0.4 is 0 Å². The van der Waals surface area contributed by atoms with Crippen molar-refractivity contribution in [3.8, 4) is 95.2 Å². The van der Waals surface area contributed by atoms with Crippen molar-refractivity contribution in [1.82, 2.24) is 9.55 Å². The summed E-state index contributed by atoms with van der Waals surface area (Å²) in [4.78, 5) is 5.73. The van der Waals surface area contributed by atoms with Gasteiger partial charge in [0, 0.05) is 22.4 Å². The van der Waals surface area contributed by atoms with Crippen LogP contribution in [0.2, 0.25) is 0 Å². The Bertz CT molecular complexity index is 3050. The van der Waals surface area contributed by atoms with Crippen molar-refractivity contribution in [1.29, 1.82) is 0 Å². The highest BCUT2D eigenvalue weighted by atomic mass is 15.1. The fourth-order valence-corrected chi connectivity index (χ4v) is 10.3. The highest BCUT2D eigenvalue weighted by Gasteiger charge is 2.52. The number of para-hydroxylation sites is 1. The van der Waals surface area contributed by atoms with Gasteiger partial charge in [-0.25, -0.2) is 4.98 Å². The predicted octanol–water partition coefficient (Wildman–Crippen LogP) is 12.8. The van der Waals surface area contributed by atoms with Crippen molar-refractivity contribution in [3.63, 3.8) is 0 Å². The molecule has 0 radical (unpaired) electrons. The minimum absolute atomic E-state index is 0.605. The first-order valence-corrected chi connectivity index (χ1v) is 18.8. The average Bonchev–Trinajstić information content (AvgIpc) is 3.75. The summed E-state index contributed by atoms with van der Waals surface area (Å²) in [5.41, 5.74) is 23.9. The van der Waals surface area contributed by atoms with Crippen LogP contribution in [0.15, 0.2) is 182 Å². The zero-order chi connectivity index (χ0) is 35.1. The van der Waals surface area contributed by atoms with Crippen LogP contribution in [0, 0.1) is 0 Å². The van der Waals surface area contributed by atoms with Crippen molar-refractivity contribution < 1.29 is 0 Å². The van der Waals surface area contributed by atoms with Crippen LogP contribution in [0.4, 0.5) is 0 Å². The third kappa shape index (κ3) is 3.44. The normalized spacial score (nSPS) is 15.5. The molecule has 8 bridgehead atoms. The smallest absolute Gasteiger partial charge is 0.145 e. The molecule has 2 nitrogen and oxygen atoms in total. The summed E-state index contributed by atoms with van der Waals surface area (Å²) in [6, 6.07) is 68.2. The molecule has 0 saturated carbocycles. The second kappa shape index (κ2) is 10.1. The van der Waals surface area contributed by atoms with Crippen LogP contribution in [0.25, 0.3) is 95.2 Å². The molecular weight excluding hydrogens is 653 g/mol.